The summed E-state index contributed by atoms with van der Waals surface area (Å²) in [6.07, 6.45) is 0. The van der Waals surface area contributed by atoms with Crippen molar-refractivity contribution in [1.29, 1.82) is 0 Å². The molecule has 0 aliphatic carbocycles. The van der Waals surface area contributed by atoms with Crippen molar-refractivity contribution in [3.8, 4) is 0 Å². The third-order valence-corrected chi connectivity index (χ3v) is 9.93. The van der Waals surface area contributed by atoms with E-state index in [2.05, 4.69) is 36.4 Å². The average molecular weight is 422 g/mol. The number of rotatable bonds is 6. The van der Waals surface area contributed by atoms with Crippen LogP contribution in [0.3, 0.4) is 0 Å². The lowest BCUT2D eigenvalue weighted by atomic mass is 10.1. The molecule has 0 radical (unpaired) electrons. The lowest BCUT2D eigenvalue weighted by Gasteiger charge is -2.31. The minimum Gasteiger partial charge on any atom is -0.285 e. The second-order valence-corrected chi connectivity index (χ2v) is 10.8. The molecule has 4 aromatic carbocycles. The first-order chi connectivity index (χ1) is 15.2. The summed E-state index contributed by atoms with van der Waals surface area (Å²) in [4.78, 5) is 26.8. The van der Waals surface area contributed by atoms with E-state index in [9.17, 15) is 9.59 Å². The highest BCUT2D eigenvalue weighted by Crippen LogP contribution is 2.46. The summed E-state index contributed by atoms with van der Waals surface area (Å²) in [5.74, 6) is -0.902. The van der Waals surface area contributed by atoms with E-state index in [-0.39, 0.29) is 0 Å². The Hall–Kier alpha value is -3.48. The number of Topliss-reactive ketones (excluding diaryl/α,β-unsaturated/α-hetero) is 2. The summed E-state index contributed by atoms with van der Waals surface area (Å²) in [7, 11) is 0. The van der Waals surface area contributed by atoms with Gasteiger partial charge < -0.3 is 0 Å². The molecular formula is C28H23O2P. The second-order valence-electron chi connectivity index (χ2n) is 7.29. The van der Waals surface area contributed by atoms with Crippen LogP contribution in [0.2, 0.25) is 0 Å². The van der Waals surface area contributed by atoms with Crippen LogP contribution < -0.4 is 15.9 Å². The maximum atomic E-state index is 13.7. The van der Waals surface area contributed by atoms with Crippen molar-refractivity contribution in [3.63, 3.8) is 0 Å². The zero-order valence-electron chi connectivity index (χ0n) is 17.3. The van der Waals surface area contributed by atoms with Gasteiger partial charge in [0.25, 0.3) is 0 Å². The Morgan fingerprint density at radius 1 is 0.516 bits per heavy atom. The number of ketones is 2. The highest BCUT2D eigenvalue weighted by molar-refractivity contribution is 7.96. The van der Waals surface area contributed by atoms with Gasteiger partial charge in [0.2, 0.25) is 11.6 Å². The lowest BCUT2D eigenvalue weighted by molar-refractivity contribution is -0.109. The van der Waals surface area contributed by atoms with Crippen LogP contribution >= 0.6 is 6.89 Å². The highest BCUT2D eigenvalue weighted by Gasteiger charge is 2.33. The molecule has 3 heteroatoms. The van der Waals surface area contributed by atoms with Crippen molar-refractivity contribution in [3.05, 3.63) is 127 Å². The van der Waals surface area contributed by atoms with Gasteiger partial charge in [-0.2, -0.15) is 0 Å². The molecule has 0 unspecified atom stereocenters. The van der Waals surface area contributed by atoms with Crippen molar-refractivity contribution in [1.82, 2.24) is 0 Å². The van der Waals surface area contributed by atoms with E-state index in [1.807, 2.05) is 67.6 Å². The molecule has 0 amide bonds. The molecule has 0 bridgehead atoms. The minimum atomic E-state index is -2.53. The maximum absolute atomic E-state index is 13.7. The van der Waals surface area contributed by atoms with E-state index in [1.165, 1.54) is 0 Å². The zero-order chi connectivity index (χ0) is 21.7. The van der Waals surface area contributed by atoms with Crippen molar-refractivity contribution in [2.24, 2.45) is 0 Å². The van der Waals surface area contributed by atoms with E-state index in [0.29, 0.717) is 10.9 Å². The van der Waals surface area contributed by atoms with Crippen LogP contribution in [0.25, 0.3) is 0 Å². The lowest BCUT2D eigenvalue weighted by Crippen LogP contribution is -2.34. The summed E-state index contributed by atoms with van der Waals surface area (Å²) in [5.41, 5.74) is 0.416. The zero-order valence-corrected chi connectivity index (χ0v) is 18.2. The van der Waals surface area contributed by atoms with E-state index in [0.717, 1.165) is 15.9 Å². The van der Waals surface area contributed by atoms with E-state index >= 15 is 0 Å². The van der Waals surface area contributed by atoms with Crippen LogP contribution in [0.5, 0.6) is 0 Å². The van der Waals surface area contributed by atoms with Crippen LogP contribution in [0.1, 0.15) is 17.3 Å². The van der Waals surface area contributed by atoms with Gasteiger partial charge in [-0.15, -0.1) is 0 Å². The molecule has 0 saturated carbocycles. The Bertz CT molecular complexity index is 1140. The normalized spacial score (nSPS) is 11.0. The topological polar surface area (TPSA) is 34.1 Å². The van der Waals surface area contributed by atoms with Crippen LogP contribution in [-0.4, -0.2) is 16.9 Å². The number of benzene rings is 4. The Balaban J connectivity index is 2.09. The quantitative estimate of drug-likeness (QED) is 0.258. The first kappa shape index (κ1) is 20.8. The molecule has 152 valence electrons. The van der Waals surface area contributed by atoms with Crippen molar-refractivity contribution < 1.29 is 9.59 Å². The van der Waals surface area contributed by atoms with Crippen LogP contribution in [0, 0.1) is 0 Å². The minimum absolute atomic E-state index is 0.416. The molecule has 2 nitrogen and oxygen atoms in total. The first-order valence-electron chi connectivity index (χ1n) is 10.2. The van der Waals surface area contributed by atoms with E-state index < -0.39 is 18.5 Å². The molecule has 0 heterocycles. The second kappa shape index (κ2) is 9.12. The molecule has 0 atom stereocenters. The van der Waals surface area contributed by atoms with Gasteiger partial charge in [-0.3, -0.25) is 9.59 Å². The molecule has 0 spiro atoms. The average Bonchev–Trinajstić information content (AvgIpc) is 2.86. The summed E-state index contributed by atoms with van der Waals surface area (Å²) >= 11 is 0. The fraction of sp³-hybridized carbons (Fsp3) is 0.0357. The number of carbonyl (C=O) groups excluding carboxylic acids is 2. The van der Waals surface area contributed by atoms with Crippen molar-refractivity contribution in [2.45, 2.75) is 6.92 Å². The Morgan fingerprint density at radius 2 is 0.839 bits per heavy atom. The number of hydrogen-bond acceptors (Lipinski definition) is 2. The monoisotopic (exact) mass is 422 g/mol. The molecule has 0 aromatic heterocycles. The number of hydrogen-bond donors (Lipinski definition) is 0. The van der Waals surface area contributed by atoms with Gasteiger partial charge in [0.05, 0.1) is 0 Å². The molecule has 0 aliphatic heterocycles. The first-order valence-corrected chi connectivity index (χ1v) is 12.0. The van der Waals surface area contributed by atoms with Crippen LogP contribution in [0.15, 0.2) is 121 Å². The summed E-state index contributed by atoms with van der Waals surface area (Å²) in [6.45, 7) is -0.691. The van der Waals surface area contributed by atoms with Crippen LogP contribution in [-0.2, 0) is 4.79 Å². The third-order valence-electron chi connectivity index (χ3n) is 5.50. The maximum Gasteiger partial charge on any atom is 0.233 e. The molecule has 4 rings (SSSR count). The third kappa shape index (κ3) is 3.83. The van der Waals surface area contributed by atoms with Crippen molar-refractivity contribution in [2.75, 3.05) is 0 Å². The molecular weight excluding hydrogens is 399 g/mol. The molecule has 0 saturated heterocycles. The Labute approximate surface area is 183 Å². The molecule has 0 N–H and O–H groups in total. The summed E-state index contributed by atoms with van der Waals surface area (Å²) < 4.78 is 0. The predicted octanol–water partition coefficient (Wildman–Crippen LogP) is 4.62. The fourth-order valence-electron chi connectivity index (χ4n) is 4.02. The molecule has 0 aliphatic rings. The van der Waals surface area contributed by atoms with Gasteiger partial charge in [0.15, 0.2) is 0 Å². The SMILES string of the molecule is CC(C(=O)C(=O)c1ccccc1)=P(c1ccccc1)(c1ccccc1)c1ccccc1. The summed E-state index contributed by atoms with van der Waals surface area (Å²) in [6, 6.07) is 39.1. The highest BCUT2D eigenvalue weighted by atomic mass is 31.2. The van der Waals surface area contributed by atoms with Crippen molar-refractivity contribution >= 4 is 39.7 Å². The smallest absolute Gasteiger partial charge is 0.233 e. The molecule has 4 aromatic rings. The van der Waals surface area contributed by atoms with Gasteiger partial charge >= 0.3 is 0 Å². The molecule has 31 heavy (non-hydrogen) atoms. The van der Waals surface area contributed by atoms with Gasteiger partial charge in [-0.25, -0.2) is 0 Å². The van der Waals surface area contributed by atoms with Gasteiger partial charge in [0.1, 0.15) is 0 Å². The Kier molecular flexibility index (Phi) is 6.11. The predicted molar refractivity (Wildman–Crippen MR) is 132 cm³/mol. The van der Waals surface area contributed by atoms with Crippen LogP contribution in [0.4, 0.5) is 0 Å². The van der Waals surface area contributed by atoms with Gasteiger partial charge in [-0.05, 0) is 29.7 Å². The summed E-state index contributed by atoms with van der Waals surface area (Å²) in [5, 5.41) is 3.75. The number of carbonyl (C=O) groups is 2. The fourth-order valence-corrected chi connectivity index (χ4v) is 8.34. The van der Waals surface area contributed by atoms with Gasteiger partial charge in [-0.1, -0.05) is 121 Å². The van der Waals surface area contributed by atoms with E-state index in [4.69, 9.17) is 0 Å². The Morgan fingerprint density at radius 3 is 1.19 bits per heavy atom. The van der Waals surface area contributed by atoms with Gasteiger partial charge in [0, 0.05) is 10.9 Å². The standard InChI is InChI=1S/C28H23O2P/c1-22(27(29)28(30)23-14-6-2-7-15-23)31(24-16-8-3-9-17-24,25-18-10-4-11-19-25)26-20-12-5-13-21-26/h2-21H,1H3. The van der Waals surface area contributed by atoms with E-state index in [1.54, 1.807) is 24.3 Å². The largest absolute Gasteiger partial charge is 0.285 e. The molecule has 0 fully saturated rings.